The van der Waals surface area contributed by atoms with Gasteiger partial charge in [0.05, 0.1) is 12.9 Å². The molecule has 0 aliphatic heterocycles. The maximum absolute atomic E-state index is 11.2. The highest BCUT2D eigenvalue weighted by atomic mass is 16.5. The van der Waals surface area contributed by atoms with E-state index in [1.807, 2.05) is 13.8 Å². The number of aryl methyl sites for hydroxylation is 1. The minimum atomic E-state index is -0.111. The van der Waals surface area contributed by atoms with Crippen LogP contribution in [0.1, 0.15) is 19.6 Å². The monoisotopic (exact) mass is 168 g/mol. The van der Waals surface area contributed by atoms with E-state index >= 15 is 0 Å². The van der Waals surface area contributed by atoms with Crippen LogP contribution in [0.3, 0.4) is 0 Å². The SMILES string of the molecule is CCOc1c(CC)occc1=O. The lowest BCUT2D eigenvalue weighted by Gasteiger charge is -2.04. The summed E-state index contributed by atoms with van der Waals surface area (Å²) in [7, 11) is 0. The molecule has 0 saturated carbocycles. The fourth-order valence-corrected chi connectivity index (χ4v) is 0.984. The van der Waals surface area contributed by atoms with Gasteiger partial charge in [0, 0.05) is 12.5 Å². The average molecular weight is 168 g/mol. The zero-order valence-corrected chi connectivity index (χ0v) is 7.29. The lowest BCUT2D eigenvalue weighted by molar-refractivity contribution is 0.313. The molecule has 66 valence electrons. The molecule has 0 radical (unpaired) electrons. The Kier molecular flexibility index (Phi) is 2.91. The van der Waals surface area contributed by atoms with Gasteiger partial charge < -0.3 is 9.15 Å². The Morgan fingerprint density at radius 3 is 2.83 bits per heavy atom. The van der Waals surface area contributed by atoms with Crippen LogP contribution in [0.5, 0.6) is 5.75 Å². The fraction of sp³-hybridized carbons (Fsp3) is 0.444. The largest absolute Gasteiger partial charge is 0.487 e. The van der Waals surface area contributed by atoms with Gasteiger partial charge in [-0.1, -0.05) is 6.92 Å². The molecular weight excluding hydrogens is 156 g/mol. The van der Waals surface area contributed by atoms with Crippen LogP contribution >= 0.6 is 0 Å². The second-order valence-corrected chi connectivity index (χ2v) is 2.32. The Morgan fingerprint density at radius 1 is 1.50 bits per heavy atom. The number of hydrogen-bond donors (Lipinski definition) is 0. The van der Waals surface area contributed by atoms with Gasteiger partial charge in [-0.25, -0.2) is 0 Å². The molecule has 1 rings (SSSR count). The highest BCUT2D eigenvalue weighted by Crippen LogP contribution is 2.12. The Balaban J connectivity index is 3.11. The minimum absolute atomic E-state index is 0.111. The van der Waals surface area contributed by atoms with Crippen molar-refractivity contribution in [2.45, 2.75) is 20.3 Å². The van der Waals surface area contributed by atoms with Crippen LogP contribution in [0, 0.1) is 0 Å². The summed E-state index contributed by atoms with van der Waals surface area (Å²) in [6.45, 7) is 4.24. The normalized spacial score (nSPS) is 9.83. The maximum atomic E-state index is 11.2. The van der Waals surface area contributed by atoms with E-state index < -0.39 is 0 Å². The van der Waals surface area contributed by atoms with Gasteiger partial charge in [-0.15, -0.1) is 0 Å². The van der Waals surface area contributed by atoms with Gasteiger partial charge in [0.2, 0.25) is 11.2 Å². The van der Waals surface area contributed by atoms with Crippen molar-refractivity contribution < 1.29 is 9.15 Å². The van der Waals surface area contributed by atoms with Crippen molar-refractivity contribution in [2.24, 2.45) is 0 Å². The number of ether oxygens (including phenoxy) is 1. The van der Waals surface area contributed by atoms with Gasteiger partial charge in [-0.3, -0.25) is 4.79 Å². The van der Waals surface area contributed by atoms with Gasteiger partial charge in [0.1, 0.15) is 5.76 Å². The predicted molar refractivity (Wildman–Crippen MR) is 45.5 cm³/mol. The molecule has 12 heavy (non-hydrogen) atoms. The third-order valence-corrected chi connectivity index (χ3v) is 1.52. The minimum Gasteiger partial charge on any atom is -0.487 e. The molecule has 0 aromatic carbocycles. The van der Waals surface area contributed by atoms with Crippen LogP contribution in [0.4, 0.5) is 0 Å². The first kappa shape index (κ1) is 8.84. The standard InChI is InChI=1S/C9H12O3/c1-3-8-9(11-4-2)7(10)5-6-12-8/h5-6H,3-4H2,1-2H3. The summed E-state index contributed by atoms with van der Waals surface area (Å²) in [5, 5.41) is 0. The van der Waals surface area contributed by atoms with Gasteiger partial charge in [0.25, 0.3) is 0 Å². The molecular formula is C9H12O3. The molecule has 1 heterocycles. The maximum Gasteiger partial charge on any atom is 0.227 e. The van der Waals surface area contributed by atoms with Crippen molar-refractivity contribution in [1.82, 2.24) is 0 Å². The summed E-state index contributed by atoms with van der Waals surface area (Å²) in [4.78, 5) is 11.2. The smallest absolute Gasteiger partial charge is 0.227 e. The predicted octanol–water partition coefficient (Wildman–Crippen LogP) is 1.60. The average Bonchev–Trinajstić information content (AvgIpc) is 2.09. The number of hydrogen-bond acceptors (Lipinski definition) is 3. The van der Waals surface area contributed by atoms with Crippen LogP contribution in [-0.2, 0) is 6.42 Å². The molecule has 3 heteroatoms. The van der Waals surface area contributed by atoms with Gasteiger partial charge in [-0.2, -0.15) is 0 Å². The summed E-state index contributed by atoms with van der Waals surface area (Å²) in [5.74, 6) is 0.965. The van der Waals surface area contributed by atoms with Crippen LogP contribution in [0.15, 0.2) is 21.5 Å². The van der Waals surface area contributed by atoms with Crippen molar-refractivity contribution in [3.05, 3.63) is 28.3 Å². The molecule has 3 nitrogen and oxygen atoms in total. The molecule has 0 aliphatic carbocycles. The van der Waals surface area contributed by atoms with E-state index in [1.54, 1.807) is 0 Å². The molecule has 0 atom stereocenters. The Bertz CT molecular complexity index is 301. The molecule has 0 fully saturated rings. The topological polar surface area (TPSA) is 39.4 Å². The van der Waals surface area contributed by atoms with E-state index in [1.165, 1.54) is 12.3 Å². The second kappa shape index (κ2) is 3.95. The summed E-state index contributed by atoms with van der Waals surface area (Å²) < 4.78 is 10.3. The summed E-state index contributed by atoms with van der Waals surface area (Å²) in [6.07, 6.45) is 2.06. The van der Waals surface area contributed by atoms with Crippen LogP contribution in [0.2, 0.25) is 0 Å². The third kappa shape index (κ3) is 1.67. The lowest BCUT2D eigenvalue weighted by atomic mass is 10.3. The van der Waals surface area contributed by atoms with E-state index in [0.29, 0.717) is 24.5 Å². The van der Waals surface area contributed by atoms with E-state index in [-0.39, 0.29) is 5.43 Å². The van der Waals surface area contributed by atoms with Crippen LogP contribution in [-0.4, -0.2) is 6.61 Å². The van der Waals surface area contributed by atoms with Crippen molar-refractivity contribution in [3.63, 3.8) is 0 Å². The van der Waals surface area contributed by atoms with Crippen molar-refractivity contribution in [3.8, 4) is 5.75 Å². The van der Waals surface area contributed by atoms with Crippen molar-refractivity contribution in [2.75, 3.05) is 6.61 Å². The first-order chi connectivity index (χ1) is 5.79. The van der Waals surface area contributed by atoms with Gasteiger partial charge in [0.15, 0.2) is 0 Å². The van der Waals surface area contributed by atoms with E-state index in [4.69, 9.17) is 9.15 Å². The molecule has 0 N–H and O–H groups in total. The first-order valence-electron chi connectivity index (χ1n) is 4.03. The Labute approximate surface area is 71.0 Å². The third-order valence-electron chi connectivity index (χ3n) is 1.52. The first-order valence-corrected chi connectivity index (χ1v) is 4.03. The zero-order chi connectivity index (χ0) is 8.97. The molecule has 0 unspecified atom stereocenters. The highest BCUT2D eigenvalue weighted by Gasteiger charge is 2.06. The zero-order valence-electron chi connectivity index (χ0n) is 7.29. The molecule has 0 saturated heterocycles. The second-order valence-electron chi connectivity index (χ2n) is 2.32. The molecule has 0 spiro atoms. The Hall–Kier alpha value is -1.25. The summed E-state index contributed by atoms with van der Waals surface area (Å²) >= 11 is 0. The van der Waals surface area contributed by atoms with Gasteiger partial charge in [-0.05, 0) is 6.92 Å². The summed E-state index contributed by atoms with van der Waals surface area (Å²) in [6, 6.07) is 1.37. The number of rotatable bonds is 3. The Morgan fingerprint density at radius 2 is 2.25 bits per heavy atom. The van der Waals surface area contributed by atoms with E-state index in [9.17, 15) is 4.79 Å². The van der Waals surface area contributed by atoms with Crippen molar-refractivity contribution >= 4 is 0 Å². The van der Waals surface area contributed by atoms with E-state index in [0.717, 1.165) is 0 Å². The molecule has 1 aromatic heterocycles. The van der Waals surface area contributed by atoms with E-state index in [2.05, 4.69) is 0 Å². The fourth-order valence-electron chi connectivity index (χ4n) is 0.984. The quantitative estimate of drug-likeness (QED) is 0.688. The summed E-state index contributed by atoms with van der Waals surface area (Å²) in [5.41, 5.74) is -0.111. The van der Waals surface area contributed by atoms with Crippen molar-refractivity contribution in [1.29, 1.82) is 0 Å². The van der Waals surface area contributed by atoms with Crippen LogP contribution < -0.4 is 10.2 Å². The molecule has 0 aliphatic rings. The molecule has 0 bridgehead atoms. The van der Waals surface area contributed by atoms with Crippen LogP contribution in [0.25, 0.3) is 0 Å². The molecule has 0 amide bonds. The molecule has 1 aromatic rings. The lowest BCUT2D eigenvalue weighted by Crippen LogP contribution is -2.08. The highest BCUT2D eigenvalue weighted by molar-refractivity contribution is 5.24. The van der Waals surface area contributed by atoms with Gasteiger partial charge >= 0.3 is 0 Å².